The second-order valence-corrected chi connectivity index (χ2v) is 5.88. The van der Waals surface area contributed by atoms with Gasteiger partial charge in [0.05, 0.1) is 37.1 Å². The maximum Gasteiger partial charge on any atom is 0.261 e. The van der Waals surface area contributed by atoms with Crippen LogP contribution in [0.25, 0.3) is 10.2 Å². The summed E-state index contributed by atoms with van der Waals surface area (Å²) in [5, 5.41) is 3.31. The van der Waals surface area contributed by atoms with Gasteiger partial charge in [-0.25, -0.2) is 4.98 Å². The van der Waals surface area contributed by atoms with Crippen molar-refractivity contribution in [3.63, 3.8) is 0 Å². The van der Waals surface area contributed by atoms with E-state index in [1.54, 1.807) is 25.3 Å². The molecule has 0 unspecified atom stereocenters. The average molecular weight is 344 g/mol. The van der Waals surface area contributed by atoms with E-state index >= 15 is 0 Å². The molecule has 7 heteroatoms. The normalized spacial score (nSPS) is 10.5. The SMILES string of the molecule is COc1ccc2nc(NC(=O)c3cccc(OC)c3OC)sc2c1. The summed E-state index contributed by atoms with van der Waals surface area (Å²) >= 11 is 1.38. The molecule has 24 heavy (non-hydrogen) atoms. The third kappa shape index (κ3) is 2.98. The zero-order valence-corrected chi connectivity index (χ0v) is 14.3. The second-order valence-electron chi connectivity index (χ2n) is 4.85. The van der Waals surface area contributed by atoms with E-state index in [9.17, 15) is 4.79 Å². The van der Waals surface area contributed by atoms with Gasteiger partial charge in [0.15, 0.2) is 16.6 Å². The van der Waals surface area contributed by atoms with Gasteiger partial charge in [0.25, 0.3) is 5.91 Å². The quantitative estimate of drug-likeness (QED) is 0.766. The number of benzene rings is 2. The van der Waals surface area contributed by atoms with Crippen molar-refractivity contribution in [1.82, 2.24) is 4.98 Å². The number of thiazole rings is 1. The standard InChI is InChI=1S/C17H16N2O4S/c1-21-10-7-8-12-14(9-10)24-17(18-12)19-16(20)11-5-4-6-13(22-2)15(11)23-3/h4-9H,1-3H3,(H,18,19,20). The van der Waals surface area contributed by atoms with Crippen LogP contribution in [-0.2, 0) is 0 Å². The molecule has 6 nitrogen and oxygen atoms in total. The highest BCUT2D eigenvalue weighted by molar-refractivity contribution is 7.22. The van der Waals surface area contributed by atoms with E-state index in [4.69, 9.17) is 14.2 Å². The fraction of sp³-hybridized carbons (Fsp3) is 0.176. The summed E-state index contributed by atoms with van der Waals surface area (Å²) in [5.41, 5.74) is 1.18. The van der Waals surface area contributed by atoms with E-state index in [-0.39, 0.29) is 5.91 Å². The van der Waals surface area contributed by atoms with E-state index in [1.807, 2.05) is 18.2 Å². The van der Waals surface area contributed by atoms with E-state index in [2.05, 4.69) is 10.3 Å². The van der Waals surface area contributed by atoms with Crippen LogP contribution in [0.5, 0.6) is 17.2 Å². The molecule has 0 aliphatic carbocycles. The van der Waals surface area contributed by atoms with Crippen LogP contribution in [0.15, 0.2) is 36.4 Å². The molecule has 3 aromatic rings. The lowest BCUT2D eigenvalue weighted by atomic mass is 10.1. The van der Waals surface area contributed by atoms with Crippen molar-refractivity contribution in [1.29, 1.82) is 0 Å². The molecule has 2 aromatic carbocycles. The zero-order valence-electron chi connectivity index (χ0n) is 13.5. The maximum absolute atomic E-state index is 12.6. The zero-order chi connectivity index (χ0) is 17.1. The fourth-order valence-electron chi connectivity index (χ4n) is 2.32. The number of carbonyl (C=O) groups excluding carboxylic acids is 1. The van der Waals surface area contributed by atoms with Crippen molar-refractivity contribution in [2.24, 2.45) is 0 Å². The molecule has 1 amide bonds. The number of para-hydroxylation sites is 1. The molecule has 0 saturated heterocycles. The Labute approximate surface area is 143 Å². The number of methoxy groups -OCH3 is 3. The van der Waals surface area contributed by atoms with Crippen LogP contribution < -0.4 is 19.5 Å². The van der Waals surface area contributed by atoms with Crippen molar-refractivity contribution in [2.75, 3.05) is 26.6 Å². The van der Waals surface area contributed by atoms with Gasteiger partial charge in [-0.2, -0.15) is 0 Å². The first-order valence-corrected chi connectivity index (χ1v) is 7.95. The molecule has 1 N–H and O–H groups in total. The lowest BCUT2D eigenvalue weighted by Gasteiger charge is -2.11. The van der Waals surface area contributed by atoms with Gasteiger partial charge in [0.1, 0.15) is 5.75 Å². The third-order valence-electron chi connectivity index (χ3n) is 3.46. The number of ether oxygens (including phenoxy) is 3. The molecule has 1 heterocycles. The van der Waals surface area contributed by atoms with E-state index in [0.717, 1.165) is 16.0 Å². The first-order valence-electron chi connectivity index (χ1n) is 7.13. The number of aromatic nitrogens is 1. The molecule has 0 bridgehead atoms. The van der Waals surface area contributed by atoms with Crippen LogP contribution >= 0.6 is 11.3 Å². The summed E-state index contributed by atoms with van der Waals surface area (Å²) < 4.78 is 16.6. The number of rotatable bonds is 5. The van der Waals surface area contributed by atoms with Gasteiger partial charge in [-0.05, 0) is 30.3 Å². The molecule has 0 fully saturated rings. The fourth-order valence-corrected chi connectivity index (χ4v) is 3.21. The largest absolute Gasteiger partial charge is 0.497 e. The number of hydrogen-bond acceptors (Lipinski definition) is 6. The third-order valence-corrected chi connectivity index (χ3v) is 4.40. The van der Waals surface area contributed by atoms with Gasteiger partial charge >= 0.3 is 0 Å². The van der Waals surface area contributed by atoms with Gasteiger partial charge < -0.3 is 14.2 Å². The van der Waals surface area contributed by atoms with E-state index in [0.29, 0.717) is 22.2 Å². The molecular formula is C17H16N2O4S. The Morgan fingerprint density at radius 1 is 1.08 bits per heavy atom. The van der Waals surface area contributed by atoms with Crippen molar-refractivity contribution >= 4 is 32.6 Å². The van der Waals surface area contributed by atoms with Crippen molar-refractivity contribution < 1.29 is 19.0 Å². The topological polar surface area (TPSA) is 69.7 Å². The lowest BCUT2D eigenvalue weighted by molar-refractivity contribution is 0.102. The molecule has 0 radical (unpaired) electrons. The molecule has 3 rings (SSSR count). The van der Waals surface area contributed by atoms with Crippen LogP contribution in [-0.4, -0.2) is 32.2 Å². The average Bonchev–Trinajstić information content (AvgIpc) is 3.01. The van der Waals surface area contributed by atoms with Gasteiger partial charge in [-0.15, -0.1) is 0 Å². The summed E-state index contributed by atoms with van der Waals surface area (Å²) in [6.45, 7) is 0. The van der Waals surface area contributed by atoms with Gasteiger partial charge in [0, 0.05) is 0 Å². The van der Waals surface area contributed by atoms with Gasteiger partial charge in [-0.1, -0.05) is 17.4 Å². The molecular weight excluding hydrogens is 328 g/mol. The predicted molar refractivity (Wildman–Crippen MR) is 93.7 cm³/mol. The number of anilines is 1. The molecule has 0 spiro atoms. The van der Waals surface area contributed by atoms with Gasteiger partial charge in [0.2, 0.25) is 0 Å². The predicted octanol–water partition coefficient (Wildman–Crippen LogP) is 3.57. The minimum atomic E-state index is -0.309. The number of amides is 1. The molecule has 0 aliphatic heterocycles. The summed E-state index contributed by atoms with van der Waals surface area (Å²) in [6.07, 6.45) is 0. The molecule has 1 aromatic heterocycles. The van der Waals surface area contributed by atoms with E-state index in [1.165, 1.54) is 25.6 Å². The highest BCUT2D eigenvalue weighted by atomic mass is 32.1. The van der Waals surface area contributed by atoms with Crippen LogP contribution in [0, 0.1) is 0 Å². The smallest absolute Gasteiger partial charge is 0.261 e. The molecule has 0 atom stereocenters. The molecule has 0 aliphatic rings. The van der Waals surface area contributed by atoms with E-state index < -0.39 is 0 Å². The Morgan fingerprint density at radius 2 is 1.92 bits per heavy atom. The summed E-state index contributed by atoms with van der Waals surface area (Å²) in [4.78, 5) is 17.0. The number of hydrogen-bond donors (Lipinski definition) is 1. The van der Waals surface area contributed by atoms with Crippen molar-refractivity contribution in [3.05, 3.63) is 42.0 Å². The summed E-state index contributed by atoms with van der Waals surface area (Å²) in [5.74, 6) is 1.33. The highest BCUT2D eigenvalue weighted by Crippen LogP contribution is 2.33. The summed E-state index contributed by atoms with van der Waals surface area (Å²) in [7, 11) is 4.64. The maximum atomic E-state index is 12.6. The Bertz CT molecular complexity index is 891. The minimum Gasteiger partial charge on any atom is -0.497 e. The van der Waals surface area contributed by atoms with Crippen LogP contribution in [0.1, 0.15) is 10.4 Å². The van der Waals surface area contributed by atoms with Crippen LogP contribution in [0.2, 0.25) is 0 Å². The Balaban J connectivity index is 1.90. The van der Waals surface area contributed by atoms with Crippen LogP contribution in [0.4, 0.5) is 5.13 Å². The van der Waals surface area contributed by atoms with Crippen LogP contribution in [0.3, 0.4) is 0 Å². The first kappa shape index (κ1) is 16.1. The molecule has 0 saturated carbocycles. The van der Waals surface area contributed by atoms with Crippen molar-refractivity contribution in [2.45, 2.75) is 0 Å². The lowest BCUT2D eigenvalue weighted by Crippen LogP contribution is -2.13. The number of nitrogens with zero attached hydrogens (tertiary/aromatic N) is 1. The van der Waals surface area contributed by atoms with Crippen molar-refractivity contribution in [3.8, 4) is 17.2 Å². The number of fused-ring (bicyclic) bond motifs is 1. The molecule has 124 valence electrons. The first-order chi connectivity index (χ1) is 11.7. The summed E-state index contributed by atoms with van der Waals surface area (Å²) in [6, 6.07) is 10.7. The number of nitrogens with one attached hydrogen (secondary N) is 1. The number of carbonyl (C=O) groups is 1. The second kappa shape index (κ2) is 6.76. The Hall–Kier alpha value is -2.80. The minimum absolute atomic E-state index is 0.309. The Kier molecular flexibility index (Phi) is 4.52. The monoisotopic (exact) mass is 344 g/mol. The highest BCUT2D eigenvalue weighted by Gasteiger charge is 2.17. The Morgan fingerprint density at radius 3 is 2.62 bits per heavy atom. The van der Waals surface area contributed by atoms with Gasteiger partial charge in [-0.3, -0.25) is 10.1 Å².